The molecule has 2 aliphatic heterocycles. The van der Waals surface area contributed by atoms with Gasteiger partial charge in [0, 0.05) is 31.3 Å². The molecular weight excluding hydrogens is 526 g/mol. The summed E-state index contributed by atoms with van der Waals surface area (Å²) < 4.78 is 22.7. The van der Waals surface area contributed by atoms with Gasteiger partial charge in [-0.25, -0.2) is 0 Å². The molecule has 5 rings (SSSR count). The normalized spacial score (nSPS) is 14.7. The van der Waals surface area contributed by atoms with E-state index in [2.05, 4.69) is 15.5 Å². The fourth-order valence-electron chi connectivity index (χ4n) is 3.78. The van der Waals surface area contributed by atoms with Gasteiger partial charge < -0.3 is 34.2 Å². The molecule has 2 N–H and O–H groups in total. The molecule has 1 saturated heterocycles. The third-order valence-corrected chi connectivity index (χ3v) is 7.13. The smallest absolute Gasteiger partial charge is 0.268 e. The highest BCUT2D eigenvalue weighted by Gasteiger charge is 2.19. The van der Waals surface area contributed by atoms with Crippen molar-refractivity contribution in [1.29, 1.82) is 0 Å². The van der Waals surface area contributed by atoms with Crippen molar-refractivity contribution in [3.05, 3.63) is 83.2 Å². The topological polar surface area (TPSA) is 102 Å². The van der Waals surface area contributed by atoms with Gasteiger partial charge in [0.05, 0.1) is 13.2 Å². The number of carbonyl (C=O) groups is 2. The summed E-state index contributed by atoms with van der Waals surface area (Å²) >= 11 is 6.87. The van der Waals surface area contributed by atoms with Gasteiger partial charge in [0.1, 0.15) is 15.8 Å². The molecule has 2 aliphatic rings. The molecule has 0 spiro atoms. The van der Waals surface area contributed by atoms with E-state index in [1.807, 2.05) is 18.2 Å². The van der Waals surface area contributed by atoms with Crippen LogP contribution < -0.4 is 20.1 Å². The van der Waals surface area contributed by atoms with E-state index in [9.17, 15) is 9.59 Å². The first-order valence-corrected chi connectivity index (χ1v) is 13.2. The molecule has 38 heavy (non-hydrogen) atoms. The molecule has 2 amide bonds. The average molecular weight is 552 g/mol. The van der Waals surface area contributed by atoms with E-state index < -0.39 is 11.8 Å². The third kappa shape index (κ3) is 6.55. The minimum Gasteiger partial charge on any atom is -0.454 e. The highest BCUT2D eigenvalue weighted by Crippen LogP contribution is 2.32. The number of amides is 2. The van der Waals surface area contributed by atoms with Gasteiger partial charge in [-0.3, -0.25) is 9.59 Å². The van der Waals surface area contributed by atoms with Crippen LogP contribution in [-0.2, 0) is 16.1 Å². The summed E-state index contributed by atoms with van der Waals surface area (Å²) in [5.41, 5.74) is 1.29. The number of rotatable bonds is 7. The van der Waals surface area contributed by atoms with Crippen molar-refractivity contribution in [1.82, 2.24) is 15.5 Å². The van der Waals surface area contributed by atoms with Crippen LogP contribution >= 0.6 is 24.0 Å². The third-order valence-electron chi connectivity index (χ3n) is 5.76. The van der Waals surface area contributed by atoms with Gasteiger partial charge in [0.15, 0.2) is 16.6 Å². The van der Waals surface area contributed by atoms with Crippen LogP contribution in [0, 0.1) is 0 Å². The number of ether oxygens (including phenoxy) is 3. The molecule has 11 heteroatoms. The Labute approximate surface area is 229 Å². The summed E-state index contributed by atoms with van der Waals surface area (Å²) in [6.45, 7) is 3.14. The molecule has 2 aromatic carbocycles. The Bertz CT molecular complexity index is 1350. The highest BCUT2D eigenvalue weighted by molar-refractivity contribution is 8.22. The summed E-state index contributed by atoms with van der Waals surface area (Å²) in [7, 11) is 0. The van der Waals surface area contributed by atoms with E-state index >= 15 is 0 Å². The lowest BCUT2D eigenvalue weighted by atomic mass is 10.2. The highest BCUT2D eigenvalue weighted by atomic mass is 32.2. The summed E-state index contributed by atoms with van der Waals surface area (Å²) in [6, 6.07) is 17.6. The molecule has 1 fully saturated rings. The number of benzene rings is 2. The van der Waals surface area contributed by atoms with Crippen molar-refractivity contribution < 1.29 is 28.2 Å². The zero-order valence-electron chi connectivity index (χ0n) is 20.3. The van der Waals surface area contributed by atoms with Crippen molar-refractivity contribution >= 4 is 46.2 Å². The summed E-state index contributed by atoms with van der Waals surface area (Å²) in [5.74, 6) is 0.806. The summed E-state index contributed by atoms with van der Waals surface area (Å²) in [5, 5.41) is 6.14. The average Bonchev–Trinajstić information content (AvgIpc) is 3.61. The fraction of sp³-hybridized carbons (Fsp3) is 0.222. The Morgan fingerprint density at radius 1 is 1.00 bits per heavy atom. The Morgan fingerprint density at radius 3 is 2.61 bits per heavy atom. The number of morpholine rings is 1. The molecule has 3 aromatic rings. The molecule has 3 heterocycles. The SMILES string of the molecule is O=C(NCc1ccc2c(c1)OCO2)C(=Cc1ccc(SC(=S)N2CCOCC2)o1)NC(=O)c1ccccc1. The van der Waals surface area contributed by atoms with Crippen LogP contribution in [0.3, 0.4) is 0 Å². The monoisotopic (exact) mass is 551 g/mol. The van der Waals surface area contributed by atoms with Gasteiger partial charge >= 0.3 is 0 Å². The zero-order valence-corrected chi connectivity index (χ0v) is 21.9. The second kappa shape index (κ2) is 12.2. The fourth-order valence-corrected chi connectivity index (χ4v) is 4.96. The number of hydrogen-bond donors (Lipinski definition) is 2. The van der Waals surface area contributed by atoms with Gasteiger partial charge in [-0.15, -0.1) is 0 Å². The van der Waals surface area contributed by atoms with Crippen LogP contribution in [0.2, 0.25) is 0 Å². The van der Waals surface area contributed by atoms with Crippen LogP contribution in [0.4, 0.5) is 0 Å². The van der Waals surface area contributed by atoms with Gasteiger partial charge in [-0.1, -0.05) is 36.5 Å². The van der Waals surface area contributed by atoms with Crippen molar-refractivity contribution in [2.75, 3.05) is 33.1 Å². The number of nitrogens with zero attached hydrogens (tertiary/aromatic N) is 1. The number of furan rings is 1. The zero-order chi connectivity index (χ0) is 26.3. The first-order valence-electron chi connectivity index (χ1n) is 11.9. The lowest BCUT2D eigenvalue weighted by Crippen LogP contribution is -2.38. The maximum Gasteiger partial charge on any atom is 0.268 e. The van der Waals surface area contributed by atoms with Crippen LogP contribution in [-0.4, -0.2) is 54.1 Å². The van der Waals surface area contributed by atoms with Gasteiger partial charge in [-0.2, -0.15) is 0 Å². The predicted molar refractivity (Wildman–Crippen MR) is 146 cm³/mol. The number of thiocarbonyl (C=S) groups is 1. The van der Waals surface area contributed by atoms with Crippen molar-refractivity contribution in [3.63, 3.8) is 0 Å². The van der Waals surface area contributed by atoms with Crippen LogP contribution in [0.5, 0.6) is 11.5 Å². The minimum absolute atomic E-state index is 0.0428. The largest absolute Gasteiger partial charge is 0.454 e. The first kappa shape index (κ1) is 25.8. The van der Waals surface area contributed by atoms with E-state index in [4.69, 9.17) is 30.8 Å². The molecule has 0 bridgehead atoms. The molecule has 0 unspecified atom stereocenters. The second-order valence-electron chi connectivity index (χ2n) is 8.37. The second-order valence-corrected chi connectivity index (χ2v) is 10.0. The van der Waals surface area contributed by atoms with Gasteiger partial charge in [-0.05, 0) is 53.7 Å². The quantitative estimate of drug-likeness (QED) is 0.258. The molecule has 0 radical (unpaired) electrons. The van der Waals surface area contributed by atoms with Crippen LogP contribution in [0.25, 0.3) is 6.08 Å². The number of thioether (sulfide) groups is 1. The molecule has 0 aliphatic carbocycles. The van der Waals surface area contributed by atoms with E-state index in [-0.39, 0.29) is 19.0 Å². The summed E-state index contributed by atoms with van der Waals surface area (Å²) in [6.07, 6.45) is 1.50. The van der Waals surface area contributed by atoms with Crippen LogP contribution in [0.1, 0.15) is 21.7 Å². The molecule has 196 valence electrons. The number of hydrogen-bond acceptors (Lipinski definition) is 8. The molecule has 1 aromatic heterocycles. The van der Waals surface area contributed by atoms with E-state index in [1.165, 1.54) is 17.8 Å². The number of nitrogens with one attached hydrogen (secondary N) is 2. The van der Waals surface area contributed by atoms with E-state index in [1.54, 1.807) is 42.5 Å². The Hall–Kier alpha value is -3.80. The van der Waals surface area contributed by atoms with E-state index in [0.717, 1.165) is 18.7 Å². The maximum atomic E-state index is 13.2. The molecule has 0 atom stereocenters. The molecule has 9 nitrogen and oxygen atoms in total. The maximum absolute atomic E-state index is 13.2. The number of fused-ring (bicyclic) bond motifs is 1. The Kier molecular flexibility index (Phi) is 8.27. The Balaban J connectivity index is 1.30. The van der Waals surface area contributed by atoms with Crippen molar-refractivity contribution in [2.45, 2.75) is 11.6 Å². The Morgan fingerprint density at radius 2 is 1.79 bits per heavy atom. The standard InChI is InChI=1S/C27H25N3O6S2/c31-25(19-4-2-1-3-5-19)29-21(26(32)28-16-18-6-8-22-23(14-18)35-17-34-22)15-20-7-9-24(36-20)38-27(37)30-10-12-33-13-11-30/h1-9,14-15H,10-13,16-17H2,(H,28,32)(H,29,31). The first-order chi connectivity index (χ1) is 18.5. The molecular formula is C27H25N3O6S2. The lowest BCUT2D eigenvalue weighted by molar-refractivity contribution is -0.117. The number of carbonyl (C=O) groups excluding carboxylic acids is 2. The predicted octanol–water partition coefficient (Wildman–Crippen LogP) is 3.80. The summed E-state index contributed by atoms with van der Waals surface area (Å²) in [4.78, 5) is 28.1. The van der Waals surface area contributed by atoms with E-state index in [0.29, 0.717) is 45.4 Å². The lowest BCUT2D eigenvalue weighted by Gasteiger charge is -2.28. The van der Waals surface area contributed by atoms with Gasteiger partial charge in [0.2, 0.25) is 6.79 Å². The van der Waals surface area contributed by atoms with Gasteiger partial charge in [0.25, 0.3) is 11.8 Å². The van der Waals surface area contributed by atoms with Crippen LogP contribution in [0.15, 0.2) is 75.9 Å². The minimum atomic E-state index is -0.471. The van der Waals surface area contributed by atoms with Crippen molar-refractivity contribution in [2.24, 2.45) is 0 Å². The molecule has 0 saturated carbocycles. The van der Waals surface area contributed by atoms with Crippen molar-refractivity contribution in [3.8, 4) is 11.5 Å².